The third-order valence-electron chi connectivity index (χ3n) is 16.2. The monoisotopic (exact) mass is 1070 g/mol. The molecule has 1 amide bonds. The van der Waals surface area contributed by atoms with Crippen LogP contribution >= 0.6 is 0 Å². The summed E-state index contributed by atoms with van der Waals surface area (Å²) in [6.45, 7) is 4.90. The van der Waals surface area contributed by atoms with Crippen LogP contribution < -0.4 is 5.32 Å². The Bertz CT molecular complexity index is 1190. The Morgan fingerprint density at radius 1 is 0.355 bits per heavy atom. The smallest absolute Gasteiger partial charge is 0.305 e. The number of carbonyl (C=O) groups is 2. The highest BCUT2D eigenvalue weighted by Gasteiger charge is 2.18. The van der Waals surface area contributed by atoms with Crippen molar-refractivity contribution in [3.05, 3.63) is 24.3 Å². The summed E-state index contributed by atoms with van der Waals surface area (Å²) in [6.07, 6.45) is 82.7. The van der Waals surface area contributed by atoms with Crippen molar-refractivity contribution >= 4 is 11.9 Å². The first-order valence-electron chi connectivity index (χ1n) is 34.6. The van der Waals surface area contributed by atoms with Gasteiger partial charge in [-0.25, -0.2) is 0 Å². The summed E-state index contributed by atoms with van der Waals surface area (Å²) in [7, 11) is 0. The van der Waals surface area contributed by atoms with Gasteiger partial charge in [0.2, 0.25) is 5.91 Å². The standard InChI is InChI=1S/C70H135NO5/c1-3-5-7-9-11-13-15-17-39-42-46-50-54-58-62-68(73)67(66-72)71-69(74)63-59-55-51-47-43-40-37-35-33-31-29-27-25-23-21-19-18-20-22-24-26-28-30-32-34-36-38-41-45-49-53-57-61-65-76-70(75)64-60-56-52-48-44-16-14-12-10-8-6-4-2/h12,14,58,62,67-68,72-73H,3-11,13,15-57,59-61,63-66H2,1-2H3,(H,71,74)/b14-12-,62-58+. The molecule has 76 heavy (non-hydrogen) atoms. The Hall–Kier alpha value is -1.66. The molecule has 0 aliphatic carbocycles. The lowest BCUT2D eigenvalue weighted by molar-refractivity contribution is -0.143. The van der Waals surface area contributed by atoms with Crippen LogP contribution in [0.1, 0.15) is 386 Å². The van der Waals surface area contributed by atoms with Crippen LogP contribution in [0.2, 0.25) is 0 Å². The first kappa shape index (κ1) is 74.3. The summed E-state index contributed by atoms with van der Waals surface area (Å²) in [4.78, 5) is 24.5. The van der Waals surface area contributed by atoms with Crippen LogP contribution in [0.5, 0.6) is 0 Å². The Labute approximate surface area is 475 Å². The highest BCUT2D eigenvalue weighted by atomic mass is 16.5. The lowest BCUT2D eigenvalue weighted by Gasteiger charge is -2.20. The first-order chi connectivity index (χ1) is 37.5. The number of esters is 1. The quantitative estimate of drug-likeness (QED) is 0.0320. The van der Waals surface area contributed by atoms with E-state index in [-0.39, 0.29) is 18.5 Å². The summed E-state index contributed by atoms with van der Waals surface area (Å²) in [5.41, 5.74) is 0. The van der Waals surface area contributed by atoms with E-state index < -0.39 is 12.1 Å². The van der Waals surface area contributed by atoms with Gasteiger partial charge in [0.15, 0.2) is 0 Å². The molecule has 0 saturated carbocycles. The minimum absolute atomic E-state index is 0.0117. The summed E-state index contributed by atoms with van der Waals surface area (Å²) in [5.74, 6) is -0.0495. The zero-order valence-electron chi connectivity index (χ0n) is 51.5. The maximum absolute atomic E-state index is 12.5. The molecule has 0 aliphatic rings. The normalized spacial score (nSPS) is 12.6. The Morgan fingerprint density at radius 2 is 0.618 bits per heavy atom. The van der Waals surface area contributed by atoms with Crippen molar-refractivity contribution in [2.75, 3.05) is 13.2 Å². The number of nitrogens with one attached hydrogen (secondary N) is 1. The van der Waals surface area contributed by atoms with Crippen molar-refractivity contribution < 1.29 is 24.5 Å². The zero-order chi connectivity index (χ0) is 55.0. The molecule has 0 radical (unpaired) electrons. The lowest BCUT2D eigenvalue weighted by atomic mass is 10.0. The summed E-state index contributed by atoms with van der Waals surface area (Å²) >= 11 is 0. The van der Waals surface area contributed by atoms with E-state index in [9.17, 15) is 19.8 Å². The second kappa shape index (κ2) is 65.9. The molecule has 0 heterocycles. The van der Waals surface area contributed by atoms with Crippen molar-refractivity contribution in [2.45, 2.75) is 398 Å². The van der Waals surface area contributed by atoms with Gasteiger partial charge in [0.05, 0.1) is 25.4 Å². The summed E-state index contributed by atoms with van der Waals surface area (Å²) < 4.78 is 5.48. The van der Waals surface area contributed by atoms with Gasteiger partial charge in [0, 0.05) is 12.8 Å². The highest BCUT2D eigenvalue weighted by Crippen LogP contribution is 2.19. The van der Waals surface area contributed by atoms with Crippen LogP contribution in [0.4, 0.5) is 0 Å². The largest absolute Gasteiger partial charge is 0.466 e. The Kier molecular flexibility index (Phi) is 64.4. The Balaban J connectivity index is 3.32. The number of carbonyl (C=O) groups excluding carboxylic acids is 2. The third-order valence-corrected chi connectivity index (χ3v) is 16.2. The molecule has 0 spiro atoms. The SMILES string of the molecule is CCCCC/C=C\CCCCCCCC(=O)OCCCCCCCCCCCCCCCCCCCCCCCCCCCCCCCCCCCC(=O)NC(CO)C(O)/C=C/CCCCCCCCCCCCCC. The molecule has 6 heteroatoms. The average molecular weight is 1070 g/mol. The van der Waals surface area contributed by atoms with Gasteiger partial charge >= 0.3 is 5.97 Å². The van der Waals surface area contributed by atoms with Gasteiger partial charge in [-0.15, -0.1) is 0 Å². The van der Waals surface area contributed by atoms with Crippen molar-refractivity contribution in [3.63, 3.8) is 0 Å². The predicted molar refractivity (Wildman–Crippen MR) is 333 cm³/mol. The molecule has 0 saturated heterocycles. The fourth-order valence-electron chi connectivity index (χ4n) is 10.9. The molecule has 3 N–H and O–H groups in total. The van der Waals surface area contributed by atoms with Crippen LogP contribution in [0, 0.1) is 0 Å². The molecule has 0 aromatic heterocycles. The second-order valence-electron chi connectivity index (χ2n) is 23.9. The minimum atomic E-state index is -0.840. The number of unbranched alkanes of at least 4 members (excludes halogenated alkanes) is 52. The summed E-state index contributed by atoms with van der Waals surface area (Å²) in [6, 6.07) is -0.623. The maximum Gasteiger partial charge on any atom is 0.305 e. The maximum atomic E-state index is 12.5. The van der Waals surface area contributed by atoms with Gasteiger partial charge in [0.1, 0.15) is 0 Å². The molecular weight excluding hydrogens is 935 g/mol. The molecule has 450 valence electrons. The molecule has 0 aromatic carbocycles. The second-order valence-corrected chi connectivity index (χ2v) is 23.9. The van der Waals surface area contributed by atoms with Crippen molar-refractivity contribution in [3.8, 4) is 0 Å². The molecular formula is C70H135NO5. The first-order valence-corrected chi connectivity index (χ1v) is 34.6. The summed E-state index contributed by atoms with van der Waals surface area (Å²) in [5, 5.41) is 23.1. The van der Waals surface area contributed by atoms with Crippen molar-refractivity contribution in [2.24, 2.45) is 0 Å². The predicted octanol–water partition coefficient (Wildman–Crippen LogP) is 22.1. The van der Waals surface area contributed by atoms with E-state index in [1.54, 1.807) is 6.08 Å². The van der Waals surface area contributed by atoms with E-state index in [0.29, 0.717) is 19.4 Å². The van der Waals surface area contributed by atoms with Crippen LogP contribution in [-0.4, -0.2) is 47.4 Å². The fraction of sp³-hybridized carbons (Fsp3) is 0.914. The number of hydrogen-bond acceptors (Lipinski definition) is 5. The number of ether oxygens (including phenoxy) is 1. The fourth-order valence-corrected chi connectivity index (χ4v) is 10.9. The Morgan fingerprint density at radius 3 is 0.961 bits per heavy atom. The van der Waals surface area contributed by atoms with Gasteiger partial charge in [-0.3, -0.25) is 9.59 Å². The number of hydrogen-bond donors (Lipinski definition) is 3. The molecule has 2 unspecified atom stereocenters. The third kappa shape index (κ3) is 61.6. The van der Waals surface area contributed by atoms with E-state index in [1.807, 2.05) is 6.08 Å². The van der Waals surface area contributed by atoms with Crippen LogP contribution in [-0.2, 0) is 14.3 Å². The van der Waals surface area contributed by atoms with E-state index in [0.717, 1.165) is 44.9 Å². The van der Waals surface area contributed by atoms with Gasteiger partial charge in [-0.2, -0.15) is 0 Å². The molecule has 2 atom stereocenters. The minimum Gasteiger partial charge on any atom is -0.466 e. The average Bonchev–Trinajstić information content (AvgIpc) is 3.42. The van der Waals surface area contributed by atoms with Gasteiger partial charge in [0.25, 0.3) is 0 Å². The van der Waals surface area contributed by atoms with E-state index >= 15 is 0 Å². The van der Waals surface area contributed by atoms with Crippen LogP contribution in [0.25, 0.3) is 0 Å². The number of allylic oxidation sites excluding steroid dienone is 3. The van der Waals surface area contributed by atoms with Crippen LogP contribution in [0.3, 0.4) is 0 Å². The topological polar surface area (TPSA) is 95.9 Å². The van der Waals surface area contributed by atoms with Crippen molar-refractivity contribution in [1.82, 2.24) is 5.32 Å². The highest BCUT2D eigenvalue weighted by molar-refractivity contribution is 5.76. The molecule has 0 fully saturated rings. The van der Waals surface area contributed by atoms with E-state index in [2.05, 4.69) is 31.3 Å². The number of rotatable bonds is 65. The lowest BCUT2D eigenvalue weighted by Crippen LogP contribution is -2.45. The number of aliphatic hydroxyl groups is 2. The van der Waals surface area contributed by atoms with Gasteiger partial charge < -0.3 is 20.3 Å². The van der Waals surface area contributed by atoms with Crippen LogP contribution in [0.15, 0.2) is 24.3 Å². The van der Waals surface area contributed by atoms with Gasteiger partial charge in [-0.05, 0) is 57.8 Å². The number of aliphatic hydroxyl groups excluding tert-OH is 2. The van der Waals surface area contributed by atoms with Gasteiger partial charge in [-0.1, -0.05) is 340 Å². The molecule has 0 aromatic rings. The molecule has 0 bridgehead atoms. The van der Waals surface area contributed by atoms with Crippen molar-refractivity contribution in [1.29, 1.82) is 0 Å². The number of amides is 1. The van der Waals surface area contributed by atoms with E-state index in [4.69, 9.17) is 4.74 Å². The van der Waals surface area contributed by atoms with E-state index in [1.165, 1.54) is 315 Å². The molecule has 6 nitrogen and oxygen atoms in total. The zero-order valence-corrected chi connectivity index (χ0v) is 51.5. The molecule has 0 aliphatic heterocycles. The molecule has 0 rings (SSSR count).